The van der Waals surface area contributed by atoms with E-state index in [0.29, 0.717) is 18.0 Å². The molecule has 2 aromatic carbocycles. The van der Waals surface area contributed by atoms with Gasteiger partial charge in [0.15, 0.2) is 0 Å². The van der Waals surface area contributed by atoms with Crippen LogP contribution in [0.5, 0.6) is 11.5 Å². The second-order valence-corrected chi connectivity index (χ2v) is 5.68. The Morgan fingerprint density at radius 2 is 1.83 bits per heavy atom. The molecular formula is C18H21F2NO3. The van der Waals surface area contributed by atoms with Crippen LogP contribution in [0.25, 0.3) is 0 Å². The molecule has 0 aliphatic rings. The van der Waals surface area contributed by atoms with E-state index in [4.69, 9.17) is 9.47 Å². The van der Waals surface area contributed by atoms with Gasteiger partial charge in [-0.25, -0.2) is 8.78 Å². The first-order valence-corrected chi connectivity index (χ1v) is 7.47. The molecule has 1 unspecified atom stereocenters. The number of halogens is 2. The Morgan fingerprint density at radius 1 is 1.08 bits per heavy atom. The van der Waals surface area contributed by atoms with Gasteiger partial charge < -0.3 is 19.9 Å². The van der Waals surface area contributed by atoms with Gasteiger partial charge in [-0.2, -0.15) is 0 Å². The smallest absolute Gasteiger partial charge is 0.132 e. The fraction of sp³-hybridized carbons (Fsp3) is 0.333. The van der Waals surface area contributed by atoms with Crippen LogP contribution in [0.15, 0.2) is 36.4 Å². The fourth-order valence-electron chi connectivity index (χ4n) is 2.46. The van der Waals surface area contributed by atoms with Crippen LogP contribution in [-0.4, -0.2) is 25.9 Å². The second-order valence-electron chi connectivity index (χ2n) is 5.68. The third-order valence-electron chi connectivity index (χ3n) is 3.79. The Hall–Kier alpha value is -2.18. The Labute approximate surface area is 140 Å². The molecule has 0 spiro atoms. The zero-order valence-electron chi connectivity index (χ0n) is 13.9. The SMILES string of the molecule is COc1ccc(CNCC(C)(O)c2ccc(F)cc2F)c(OC)c1. The lowest BCUT2D eigenvalue weighted by Crippen LogP contribution is -2.36. The van der Waals surface area contributed by atoms with Crippen LogP contribution in [0.1, 0.15) is 18.1 Å². The first-order valence-electron chi connectivity index (χ1n) is 7.47. The van der Waals surface area contributed by atoms with Gasteiger partial charge in [-0.05, 0) is 19.1 Å². The average molecular weight is 337 g/mol. The van der Waals surface area contributed by atoms with Crippen LogP contribution in [-0.2, 0) is 12.1 Å². The third-order valence-corrected chi connectivity index (χ3v) is 3.79. The van der Waals surface area contributed by atoms with E-state index in [-0.39, 0.29) is 12.1 Å². The first-order chi connectivity index (χ1) is 11.4. The van der Waals surface area contributed by atoms with E-state index in [9.17, 15) is 13.9 Å². The van der Waals surface area contributed by atoms with Gasteiger partial charge in [-0.3, -0.25) is 0 Å². The van der Waals surface area contributed by atoms with Crippen molar-refractivity contribution < 1.29 is 23.4 Å². The number of ether oxygens (including phenoxy) is 2. The molecule has 24 heavy (non-hydrogen) atoms. The predicted octanol–water partition coefficient (Wildman–Crippen LogP) is 2.98. The van der Waals surface area contributed by atoms with Crippen LogP contribution in [0, 0.1) is 11.6 Å². The number of rotatable bonds is 7. The Bertz CT molecular complexity index is 705. The molecule has 0 saturated heterocycles. The first kappa shape index (κ1) is 18.2. The molecule has 0 aromatic heterocycles. The van der Waals surface area contributed by atoms with Crippen molar-refractivity contribution in [2.45, 2.75) is 19.1 Å². The Kier molecular flexibility index (Phi) is 5.75. The minimum Gasteiger partial charge on any atom is -0.497 e. The molecule has 4 nitrogen and oxygen atoms in total. The van der Waals surface area contributed by atoms with Gasteiger partial charge in [0.2, 0.25) is 0 Å². The average Bonchev–Trinajstić information content (AvgIpc) is 2.54. The summed E-state index contributed by atoms with van der Waals surface area (Å²) >= 11 is 0. The van der Waals surface area contributed by atoms with Gasteiger partial charge >= 0.3 is 0 Å². The minimum absolute atomic E-state index is 0.0399. The molecule has 0 saturated carbocycles. The highest BCUT2D eigenvalue weighted by Gasteiger charge is 2.26. The van der Waals surface area contributed by atoms with Gasteiger partial charge in [0.1, 0.15) is 28.7 Å². The largest absolute Gasteiger partial charge is 0.497 e. The maximum atomic E-state index is 13.8. The van der Waals surface area contributed by atoms with Gasteiger partial charge in [0.05, 0.1) is 14.2 Å². The highest BCUT2D eigenvalue weighted by atomic mass is 19.1. The van der Waals surface area contributed by atoms with E-state index < -0.39 is 17.2 Å². The molecule has 0 aliphatic heterocycles. The van der Waals surface area contributed by atoms with Crippen LogP contribution in [0.2, 0.25) is 0 Å². The molecule has 0 aliphatic carbocycles. The third kappa shape index (κ3) is 4.21. The van der Waals surface area contributed by atoms with Crippen LogP contribution in [0.4, 0.5) is 8.78 Å². The lowest BCUT2D eigenvalue weighted by atomic mass is 9.95. The van der Waals surface area contributed by atoms with Crippen molar-refractivity contribution in [2.75, 3.05) is 20.8 Å². The standard InChI is InChI=1S/C18H21F2NO3/c1-18(22,15-7-5-13(19)8-16(15)20)11-21-10-12-4-6-14(23-2)9-17(12)24-3/h4-9,21-22H,10-11H2,1-3H3. The van der Waals surface area contributed by atoms with Crippen LogP contribution >= 0.6 is 0 Å². The van der Waals surface area contributed by atoms with Gasteiger partial charge in [0.25, 0.3) is 0 Å². The van der Waals surface area contributed by atoms with Crippen LogP contribution in [0.3, 0.4) is 0 Å². The van der Waals surface area contributed by atoms with E-state index in [0.717, 1.165) is 17.7 Å². The Balaban J connectivity index is 2.05. The summed E-state index contributed by atoms with van der Waals surface area (Å²) in [6, 6.07) is 8.54. The molecule has 130 valence electrons. The number of benzene rings is 2. The highest BCUT2D eigenvalue weighted by Crippen LogP contribution is 2.26. The van der Waals surface area contributed by atoms with Crippen LogP contribution < -0.4 is 14.8 Å². The van der Waals surface area contributed by atoms with E-state index in [1.165, 1.54) is 13.0 Å². The number of hydrogen-bond donors (Lipinski definition) is 2. The van der Waals surface area contributed by atoms with Crippen molar-refractivity contribution in [3.05, 3.63) is 59.2 Å². The van der Waals surface area contributed by atoms with Crippen molar-refractivity contribution in [1.29, 1.82) is 0 Å². The summed E-state index contributed by atoms with van der Waals surface area (Å²) < 4.78 is 37.3. The fourth-order valence-corrected chi connectivity index (χ4v) is 2.46. The Morgan fingerprint density at radius 3 is 2.46 bits per heavy atom. The monoisotopic (exact) mass is 337 g/mol. The van der Waals surface area contributed by atoms with E-state index in [1.807, 2.05) is 6.07 Å². The summed E-state index contributed by atoms with van der Waals surface area (Å²) in [6.07, 6.45) is 0. The lowest BCUT2D eigenvalue weighted by molar-refractivity contribution is 0.0528. The minimum atomic E-state index is -1.47. The molecule has 0 amide bonds. The van der Waals surface area contributed by atoms with E-state index >= 15 is 0 Å². The molecule has 6 heteroatoms. The zero-order chi connectivity index (χ0) is 17.7. The maximum Gasteiger partial charge on any atom is 0.132 e. The highest BCUT2D eigenvalue weighted by molar-refractivity contribution is 5.40. The maximum absolute atomic E-state index is 13.8. The summed E-state index contributed by atoms with van der Waals surface area (Å²) in [4.78, 5) is 0. The summed E-state index contributed by atoms with van der Waals surface area (Å²) in [5, 5.41) is 13.5. The molecule has 0 fully saturated rings. The van der Waals surface area contributed by atoms with Gasteiger partial charge in [-0.15, -0.1) is 0 Å². The van der Waals surface area contributed by atoms with Gasteiger partial charge in [-0.1, -0.05) is 12.1 Å². The summed E-state index contributed by atoms with van der Waals surface area (Å²) in [7, 11) is 3.13. The molecule has 2 rings (SSSR count). The van der Waals surface area contributed by atoms with Crippen molar-refractivity contribution >= 4 is 0 Å². The summed E-state index contributed by atoms with van der Waals surface area (Å²) in [6.45, 7) is 1.97. The zero-order valence-corrected chi connectivity index (χ0v) is 13.9. The molecule has 1 atom stereocenters. The number of aliphatic hydroxyl groups is 1. The summed E-state index contributed by atoms with van der Waals surface area (Å²) in [5.41, 5.74) is -0.566. The normalized spacial score (nSPS) is 13.4. The molecule has 2 aromatic rings. The molecule has 2 N–H and O–H groups in total. The lowest BCUT2D eigenvalue weighted by Gasteiger charge is -2.25. The van der Waals surface area contributed by atoms with Crippen molar-refractivity contribution in [2.24, 2.45) is 0 Å². The number of nitrogens with one attached hydrogen (secondary N) is 1. The quantitative estimate of drug-likeness (QED) is 0.816. The summed E-state index contributed by atoms with van der Waals surface area (Å²) in [5.74, 6) is -0.128. The molecular weight excluding hydrogens is 316 g/mol. The molecule has 0 bridgehead atoms. The van der Waals surface area contributed by atoms with Crippen molar-refractivity contribution in [3.8, 4) is 11.5 Å². The predicted molar refractivity (Wildman–Crippen MR) is 87.2 cm³/mol. The molecule has 0 heterocycles. The number of methoxy groups -OCH3 is 2. The van der Waals surface area contributed by atoms with Gasteiger partial charge in [0, 0.05) is 36.3 Å². The second kappa shape index (κ2) is 7.59. The van der Waals surface area contributed by atoms with Crippen molar-refractivity contribution in [3.63, 3.8) is 0 Å². The van der Waals surface area contributed by atoms with E-state index in [1.54, 1.807) is 26.4 Å². The van der Waals surface area contributed by atoms with E-state index in [2.05, 4.69) is 5.32 Å². The molecule has 0 radical (unpaired) electrons. The van der Waals surface area contributed by atoms with Crippen molar-refractivity contribution in [1.82, 2.24) is 5.32 Å². The number of hydrogen-bond acceptors (Lipinski definition) is 4. The topological polar surface area (TPSA) is 50.7 Å².